The van der Waals surface area contributed by atoms with Crippen LogP contribution in [-0.4, -0.2) is 53.0 Å². The number of aliphatic carboxylic acids is 1. The molecule has 0 aliphatic carbocycles. The van der Waals surface area contributed by atoms with Gasteiger partial charge in [0, 0.05) is 12.8 Å². The number of aliphatic hydroxyl groups is 1. The zero-order chi connectivity index (χ0) is 15.5. The van der Waals surface area contributed by atoms with E-state index in [1.165, 1.54) is 0 Å². The number of ether oxygens (including phenoxy) is 3. The van der Waals surface area contributed by atoms with E-state index in [0.29, 0.717) is 13.0 Å². The van der Waals surface area contributed by atoms with Crippen molar-refractivity contribution < 1.29 is 29.2 Å². The molecule has 0 bridgehead atoms. The van der Waals surface area contributed by atoms with E-state index in [1.54, 1.807) is 0 Å². The van der Waals surface area contributed by atoms with Crippen molar-refractivity contribution >= 4 is 5.97 Å². The third-order valence-electron chi connectivity index (χ3n) is 3.98. The van der Waals surface area contributed by atoms with Crippen molar-refractivity contribution in [1.29, 1.82) is 0 Å². The fraction of sp³-hybridized carbons (Fsp3) is 0.933. The maximum atomic E-state index is 10.6. The zero-order valence-electron chi connectivity index (χ0n) is 12.8. The number of hydrogen-bond acceptors (Lipinski definition) is 5. The van der Waals surface area contributed by atoms with Crippen molar-refractivity contribution in [2.24, 2.45) is 0 Å². The van der Waals surface area contributed by atoms with Crippen LogP contribution >= 0.6 is 0 Å². The van der Waals surface area contributed by atoms with Crippen molar-refractivity contribution in [3.63, 3.8) is 0 Å². The van der Waals surface area contributed by atoms with Crippen molar-refractivity contribution in [3.05, 3.63) is 0 Å². The lowest BCUT2D eigenvalue weighted by molar-refractivity contribution is -0.147. The highest BCUT2D eigenvalue weighted by Gasteiger charge is 2.35. The summed E-state index contributed by atoms with van der Waals surface area (Å²) in [6.45, 7) is 4.39. The third kappa shape index (κ3) is 5.54. The van der Waals surface area contributed by atoms with Gasteiger partial charge >= 0.3 is 5.97 Å². The van der Waals surface area contributed by atoms with E-state index in [4.69, 9.17) is 19.3 Å². The summed E-state index contributed by atoms with van der Waals surface area (Å²) >= 11 is 0. The molecule has 6 nitrogen and oxygen atoms in total. The largest absolute Gasteiger partial charge is 0.481 e. The van der Waals surface area contributed by atoms with Gasteiger partial charge < -0.3 is 24.4 Å². The molecule has 2 rings (SSSR count). The third-order valence-corrected chi connectivity index (χ3v) is 3.98. The Hall–Kier alpha value is -0.690. The predicted octanol–water partition coefficient (Wildman–Crippen LogP) is 1.69. The lowest BCUT2D eigenvalue weighted by Gasteiger charge is -2.32. The Balaban J connectivity index is 1.74. The summed E-state index contributed by atoms with van der Waals surface area (Å²) in [6.07, 6.45) is 3.09. The highest BCUT2D eigenvalue weighted by Crippen LogP contribution is 2.30. The number of carboxylic acid groups (broad SMARTS) is 1. The standard InChI is InChI=1S/C15H26O6/c1-15(2)19-9-13(21-15)8-12-5-3-4-11(20-12)6-10(16)7-14(17)18/h10-13,16H,3-9H2,1-2H3,(H,17,18)/t10-,11?,12?,13?/m1/s1. The number of carboxylic acids is 1. The average molecular weight is 302 g/mol. The first-order valence-corrected chi connectivity index (χ1v) is 7.71. The van der Waals surface area contributed by atoms with E-state index in [2.05, 4.69) is 0 Å². The summed E-state index contributed by atoms with van der Waals surface area (Å²) in [5, 5.41) is 18.4. The second-order valence-electron chi connectivity index (χ2n) is 6.48. The number of rotatable bonds is 6. The van der Waals surface area contributed by atoms with Crippen LogP contribution in [0.15, 0.2) is 0 Å². The zero-order valence-corrected chi connectivity index (χ0v) is 12.8. The molecule has 2 aliphatic rings. The van der Waals surface area contributed by atoms with Gasteiger partial charge in [0.2, 0.25) is 0 Å². The van der Waals surface area contributed by atoms with E-state index in [0.717, 1.165) is 25.7 Å². The monoisotopic (exact) mass is 302 g/mol. The fourth-order valence-electron chi connectivity index (χ4n) is 3.09. The molecule has 0 aromatic rings. The van der Waals surface area contributed by atoms with Gasteiger partial charge in [0.1, 0.15) is 0 Å². The summed E-state index contributed by atoms with van der Waals surface area (Å²) in [4.78, 5) is 10.6. The van der Waals surface area contributed by atoms with Crippen LogP contribution in [0.25, 0.3) is 0 Å². The van der Waals surface area contributed by atoms with Crippen LogP contribution < -0.4 is 0 Å². The molecule has 0 saturated carbocycles. The van der Waals surface area contributed by atoms with Gasteiger partial charge in [-0.3, -0.25) is 4.79 Å². The Morgan fingerprint density at radius 1 is 1.29 bits per heavy atom. The number of aliphatic hydroxyl groups excluding tert-OH is 1. The first-order valence-electron chi connectivity index (χ1n) is 7.71. The molecule has 2 saturated heterocycles. The van der Waals surface area contributed by atoms with Crippen LogP contribution in [0.2, 0.25) is 0 Å². The Labute approximate surface area is 125 Å². The molecule has 2 aliphatic heterocycles. The molecular weight excluding hydrogens is 276 g/mol. The quantitative estimate of drug-likeness (QED) is 0.776. The van der Waals surface area contributed by atoms with Gasteiger partial charge in [0.15, 0.2) is 5.79 Å². The van der Waals surface area contributed by atoms with Gasteiger partial charge in [-0.15, -0.1) is 0 Å². The van der Waals surface area contributed by atoms with Gasteiger partial charge in [0.05, 0.1) is 37.4 Å². The Bertz CT molecular complexity index is 356. The molecule has 3 unspecified atom stereocenters. The van der Waals surface area contributed by atoms with Crippen LogP contribution in [0.4, 0.5) is 0 Å². The number of hydrogen-bond donors (Lipinski definition) is 2. The second-order valence-corrected chi connectivity index (χ2v) is 6.48. The van der Waals surface area contributed by atoms with Crippen LogP contribution in [0.3, 0.4) is 0 Å². The molecule has 4 atom stereocenters. The van der Waals surface area contributed by atoms with Crippen LogP contribution in [-0.2, 0) is 19.0 Å². The molecule has 2 heterocycles. The Morgan fingerprint density at radius 2 is 2.00 bits per heavy atom. The first kappa shape index (κ1) is 16.7. The predicted molar refractivity (Wildman–Crippen MR) is 74.9 cm³/mol. The number of carbonyl (C=O) groups is 1. The van der Waals surface area contributed by atoms with E-state index in [1.807, 2.05) is 13.8 Å². The molecule has 0 radical (unpaired) electrons. The van der Waals surface area contributed by atoms with Crippen LogP contribution in [0, 0.1) is 0 Å². The normalized spacial score (nSPS) is 33.8. The summed E-state index contributed by atoms with van der Waals surface area (Å²) in [6, 6.07) is 0. The SMILES string of the molecule is CC1(C)OCC(CC2CCCC(C[C@@H](O)CC(=O)O)O2)O1. The molecule has 2 fully saturated rings. The van der Waals surface area contributed by atoms with Gasteiger partial charge in [-0.2, -0.15) is 0 Å². The summed E-state index contributed by atoms with van der Waals surface area (Å²) < 4.78 is 17.3. The van der Waals surface area contributed by atoms with Gasteiger partial charge in [-0.05, 0) is 33.1 Å². The van der Waals surface area contributed by atoms with E-state index < -0.39 is 17.9 Å². The fourth-order valence-corrected chi connectivity index (χ4v) is 3.09. The van der Waals surface area contributed by atoms with E-state index in [-0.39, 0.29) is 24.7 Å². The molecule has 0 aromatic heterocycles. The van der Waals surface area contributed by atoms with Crippen LogP contribution in [0.1, 0.15) is 52.4 Å². The molecule has 6 heteroatoms. The summed E-state index contributed by atoms with van der Waals surface area (Å²) in [5.41, 5.74) is 0. The Morgan fingerprint density at radius 3 is 2.62 bits per heavy atom. The minimum absolute atomic E-state index is 0.0488. The molecule has 122 valence electrons. The van der Waals surface area contributed by atoms with Gasteiger partial charge in [-0.25, -0.2) is 0 Å². The van der Waals surface area contributed by atoms with Crippen molar-refractivity contribution in [2.45, 2.75) is 82.6 Å². The molecular formula is C15H26O6. The topological polar surface area (TPSA) is 85.2 Å². The lowest BCUT2D eigenvalue weighted by atomic mass is 9.96. The van der Waals surface area contributed by atoms with Crippen molar-refractivity contribution in [3.8, 4) is 0 Å². The van der Waals surface area contributed by atoms with Crippen molar-refractivity contribution in [2.75, 3.05) is 6.61 Å². The van der Waals surface area contributed by atoms with E-state index in [9.17, 15) is 9.90 Å². The van der Waals surface area contributed by atoms with E-state index >= 15 is 0 Å². The molecule has 2 N–H and O–H groups in total. The minimum Gasteiger partial charge on any atom is -0.481 e. The highest BCUT2D eigenvalue weighted by molar-refractivity contribution is 5.67. The average Bonchev–Trinajstić information content (AvgIpc) is 2.67. The second kappa shape index (κ2) is 7.05. The minimum atomic E-state index is -0.978. The summed E-state index contributed by atoms with van der Waals surface area (Å²) in [7, 11) is 0. The summed E-state index contributed by atoms with van der Waals surface area (Å²) in [5.74, 6) is -1.50. The Kier molecular flexibility index (Phi) is 5.60. The van der Waals surface area contributed by atoms with Gasteiger partial charge in [-0.1, -0.05) is 0 Å². The maximum absolute atomic E-state index is 10.6. The molecule has 0 spiro atoms. The maximum Gasteiger partial charge on any atom is 0.305 e. The van der Waals surface area contributed by atoms with Crippen LogP contribution in [0.5, 0.6) is 0 Å². The smallest absolute Gasteiger partial charge is 0.305 e. The molecule has 0 amide bonds. The van der Waals surface area contributed by atoms with Crippen molar-refractivity contribution in [1.82, 2.24) is 0 Å². The lowest BCUT2D eigenvalue weighted by Crippen LogP contribution is -2.34. The van der Waals surface area contributed by atoms with Gasteiger partial charge in [0.25, 0.3) is 0 Å². The highest BCUT2D eigenvalue weighted by atomic mass is 16.7. The first-order chi connectivity index (χ1) is 9.84. The molecule has 21 heavy (non-hydrogen) atoms. The molecule has 0 aromatic carbocycles.